The van der Waals surface area contributed by atoms with Crippen LogP contribution in [0.3, 0.4) is 0 Å². The molecule has 0 radical (unpaired) electrons. The van der Waals surface area contributed by atoms with E-state index in [1.54, 1.807) is 12.1 Å². The van der Waals surface area contributed by atoms with E-state index in [1.807, 2.05) is 19.1 Å². The predicted octanol–water partition coefficient (Wildman–Crippen LogP) is 3.41. The summed E-state index contributed by atoms with van der Waals surface area (Å²) in [6.07, 6.45) is -0.101. The van der Waals surface area contributed by atoms with Gasteiger partial charge in [-0.2, -0.15) is 0 Å². The largest absolute Gasteiger partial charge is 0.502 e. The van der Waals surface area contributed by atoms with Crippen molar-refractivity contribution < 1.29 is 48.2 Å². The van der Waals surface area contributed by atoms with Crippen molar-refractivity contribution in [1.29, 1.82) is 0 Å². The monoisotopic (exact) mass is 528 g/mol. The molecule has 2 fully saturated rings. The van der Waals surface area contributed by atoms with Crippen LogP contribution in [0.1, 0.15) is 54.9 Å². The lowest BCUT2D eigenvalue weighted by molar-refractivity contribution is -0.250. The van der Waals surface area contributed by atoms with Gasteiger partial charge in [-0.3, -0.25) is 4.79 Å². The van der Waals surface area contributed by atoms with Gasteiger partial charge in [-0.25, -0.2) is 0 Å². The Labute approximate surface area is 220 Å². The number of ether oxygens (including phenoxy) is 7. The maximum Gasteiger partial charge on any atom is 0.310 e. The number of carbonyl (C=O) groups is 1. The third-order valence-corrected chi connectivity index (χ3v) is 8.14. The van der Waals surface area contributed by atoms with Crippen molar-refractivity contribution >= 4 is 5.97 Å². The number of phenols is 1. The second-order valence-electron chi connectivity index (χ2n) is 10.1. The van der Waals surface area contributed by atoms with Gasteiger partial charge in [0.15, 0.2) is 29.3 Å². The van der Waals surface area contributed by atoms with E-state index in [0.717, 1.165) is 16.7 Å². The quantitative estimate of drug-likeness (QED) is 0.540. The summed E-state index contributed by atoms with van der Waals surface area (Å²) in [6.45, 7) is 2.26. The van der Waals surface area contributed by atoms with Crippen molar-refractivity contribution in [2.24, 2.45) is 11.8 Å². The fourth-order valence-corrected chi connectivity index (χ4v) is 6.26. The van der Waals surface area contributed by atoms with Crippen molar-refractivity contribution in [3.63, 3.8) is 0 Å². The number of methoxy groups -OCH3 is 2. The molecule has 2 aromatic carbocycles. The van der Waals surface area contributed by atoms with Crippen LogP contribution in [0.4, 0.5) is 0 Å². The fraction of sp³-hybridized carbons (Fsp3) is 0.536. The van der Waals surface area contributed by atoms with Gasteiger partial charge in [-0.15, -0.1) is 0 Å². The zero-order valence-corrected chi connectivity index (χ0v) is 21.5. The number of carbonyl (C=O) groups excluding carboxylic acids is 1. The maximum atomic E-state index is 13.3. The Morgan fingerprint density at radius 1 is 0.974 bits per heavy atom. The molecule has 0 bridgehead atoms. The summed E-state index contributed by atoms with van der Waals surface area (Å²) in [5, 5.41) is 20.8. The first-order valence-electron chi connectivity index (χ1n) is 13.0. The Bertz CT molecular complexity index is 1200. The van der Waals surface area contributed by atoms with E-state index in [1.165, 1.54) is 14.2 Å². The van der Waals surface area contributed by atoms with E-state index in [2.05, 4.69) is 0 Å². The van der Waals surface area contributed by atoms with Gasteiger partial charge >= 0.3 is 5.97 Å². The van der Waals surface area contributed by atoms with E-state index in [4.69, 9.17) is 33.2 Å². The molecule has 10 heteroatoms. The molecule has 10 nitrogen and oxygen atoms in total. The van der Waals surface area contributed by atoms with Crippen LogP contribution in [-0.4, -0.2) is 62.3 Å². The molecule has 3 aliphatic heterocycles. The van der Waals surface area contributed by atoms with E-state index < -0.39 is 30.3 Å². The highest BCUT2D eigenvalue weighted by Gasteiger charge is 2.54. The number of phenolic OH excluding ortho intramolecular Hbond substituents is 1. The molecule has 0 aromatic heterocycles. The van der Waals surface area contributed by atoms with Gasteiger partial charge in [-0.1, -0.05) is 6.92 Å². The zero-order valence-electron chi connectivity index (χ0n) is 21.5. The molecule has 0 amide bonds. The highest BCUT2D eigenvalue weighted by atomic mass is 16.7. The van der Waals surface area contributed by atoms with Crippen LogP contribution >= 0.6 is 0 Å². The third-order valence-electron chi connectivity index (χ3n) is 8.14. The van der Waals surface area contributed by atoms with Crippen LogP contribution < -0.4 is 18.9 Å². The topological polar surface area (TPSA) is 122 Å². The standard InChI is InChI=1S/C28H32O10/c1-4-18-17(29)5-6-23(37-18)38-27-15-10-20-19(35-12-36-20)9-14(15)24(25-16(27)11-34-28(25)31)13-7-21(32-2)26(30)22(8-13)33-3/h7-10,16-18,23-25,27,29-30H,4-6,11-12H2,1-3H3/t16-,17+,18+,23-,24+,25-,27+/m0/s1. The number of fused-ring (bicyclic) bond motifs is 3. The summed E-state index contributed by atoms with van der Waals surface area (Å²) in [4.78, 5) is 13.3. The van der Waals surface area contributed by atoms with Crippen molar-refractivity contribution in [2.45, 2.75) is 56.7 Å². The van der Waals surface area contributed by atoms with E-state index >= 15 is 0 Å². The highest BCUT2D eigenvalue weighted by Crippen LogP contribution is 2.57. The minimum Gasteiger partial charge on any atom is -0.502 e. The smallest absolute Gasteiger partial charge is 0.310 e. The first-order valence-corrected chi connectivity index (χ1v) is 13.0. The Balaban J connectivity index is 1.47. The molecule has 3 heterocycles. The van der Waals surface area contributed by atoms with Gasteiger partial charge in [-0.05, 0) is 53.8 Å². The highest BCUT2D eigenvalue weighted by molar-refractivity contribution is 5.79. The Morgan fingerprint density at radius 3 is 2.32 bits per heavy atom. The lowest BCUT2D eigenvalue weighted by Crippen LogP contribution is -2.42. The van der Waals surface area contributed by atoms with Gasteiger partial charge < -0.3 is 43.4 Å². The van der Waals surface area contributed by atoms with E-state index in [9.17, 15) is 15.0 Å². The van der Waals surface area contributed by atoms with Gasteiger partial charge in [0.1, 0.15) is 0 Å². The van der Waals surface area contributed by atoms with Gasteiger partial charge in [0.05, 0.1) is 45.1 Å². The van der Waals surface area contributed by atoms with Gasteiger partial charge in [0, 0.05) is 18.3 Å². The lowest BCUT2D eigenvalue weighted by atomic mass is 9.66. The van der Waals surface area contributed by atoms with Crippen LogP contribution in [0.25, 0.3) is 0 Å². The van der Waals surface area contributed by atoms with Crippen molar-refractivity contribution in [3.05, 3.63) is 41.0 Å². The molecule has 0 spiro atoms. The molecule has 7 atom stereocenters. The molecule has 2 aromatic rings. The van der Waals surface area contributed by atoms with Crippen molar-refractivity contribution in [2.75, 3.05) is 27.6 Å². The number of aliphatic hydroxyl groups excluding tert-OH is 1. The number of aliphatic hydroxyl groups is 1. The second-order valence-corrected chi connectivity index (χ2v) is 10.1. The van der Waals surface area contributed by atoms with Crippen molar-refractivity contribution in [1.82, 2.24) is 0 Å². The summed E-state index contributed by atoms with van der Waals surface area (Å²) in [5.41, 5.74) is 2.41. The van der Waals surface area contributed by atoms with Crippen LogP contribution in [-0.2, 0) is 19.0 Å². The van der Waals surface area contributed by atoms with Gasteiger partial charge in [0.25, 0.3) is 0 Å². The first kappa shape index (κ1) is 25.1. The van der Waals surface area contributed by atoms with Crippen LogP contribution in [0.15, 0.2) is 24.3 Å². The second kappa shape index (κ2) is 9.83. The molecule has 38 heavy (non-hydrogen) atoms. The number of rotatable bonds is 6. The molecule has 0 saturated carbocycles. The van der Waals surface area contributed by atoms with E-state index in [-0.39, 0.29) is 48.6 Å². The first-order chi connectivity index (χ1) is 18.4. The molecule has 2 N–H and O–H groups in total. The van der Waals surface area contributed by atoms with E-state index in [0.29, 0.717) is 30.8 Å². The molecular weight excluding hydrogens is 496 g/mol. The predicted molar refractivity (Wildman–Crippen MR) is 132 cm³/mol. The summed E-state index contributed by atoms with van der Waals surface area (Å²) < 4.78 is 40.6. The lowest BCUT2D eigenvalue weighted by Gasteiger charge is -2.42. The molecule has 204 valence electrons. The Kier molecular flexibility index (Phi) is 6.49. The van der Waals surface area contributed by atoms with Crippen LogP contribution in [0, 0.1) is 11.8 Å². The van der Waals surface area contributed by atoms with Crippen LogP contribution in [0.2, 0.25) is 0 Å². The third kappa shape index (κ3) is 4.02. The molecule has 1 aliphatic carbocycles. The summed E-state index contributed by atoms with van der Waals surface area (Å²) in [6, 6.07) is 7.25. The minimum absolute atomic E-state index is 0.103. The number of esters is 1. The molecule has 0 unspecified atom stereocenters. The van der Waals surface area contributed by atoms with Gasteiger partial charge in [0.2, 0.25) is 12.5 Å². The summed E-state index contributed by atoms with van der Waals surface area (Å²) >= 11 is 0. The maximum absolute atomic E-state index is 13.3. The molecule has 4 aliphatic rings. The molecular formula is C28H32O10. The number of cyclic esters (lactones) is 1. The molecule has 2 saturated heterocycles. The number of benzene rings is 2. The summed E-state index contributed by atoms with van der Waals surface area (Å²) in [7, 11) is 2.93. The average Bonchev–Trinajstić information content (AvgIpc) is 3.55. The number of hydrogen-bond acceptors (Lipinski definition) is 10. The van der Waals surface area contributed by atoms with Crippen molar-refractivity contribution in [3.8, 4) is 28.7 Å². The minimum atomic E-state index is -0.567. The van der Waals surface area contributed by atoms with Crippen LogP contribution in [0.5, 0.6) is 28.7 Å². The normalized spacial score (nSPS) is 31.4. The number of aromatic hydroxyl groups is 1. The SMILES string of the molecule is CC[C@H]1O[C@@H](O[C@@H]2c3cc4c(cc3[C@@H](c3cc(OC)c(O)c(OC)c3)[C@H]3C(=O)OC[C@@H]32)OCO4)CC[C@H]1O. The number of hydrogen-bond donors (Lipinski definition) is 2. The average molecular weight is 529 g/mol. The molecule has 6 rings (SSSR count). The summed E-state index contributed by atoms with van der Waals surface area (Å²) in [5.74, 6) is -0.0933. The Hall–Kier alpha value is -3.21. The zero-order chi connectivity index (χ0) is 26.6. The fourth-order valence-electron chi connectivity index (χ4n) is 6.26. The Morgan fingerprint density at radius 2 is 1.66 bits per heavy atom.